The summed E-state index contributed by atoms with van der Waals surface area (Å²) in [6.45, 7) is 2.25. The smallest absolute Gasteiger partial charge is 0.0703 e. The van der Waals surface area contributed by atoms with Crippen molar-refractivity contribution in [2.45, 2.75) is 44.8 Å². The van der Waals surface area contributed by atoms with Gasteiger partial charge in [0.2, 0.25) is 0 Å². The Bertz CT molecular complexity index is 80.6. The van der Waals surface area contributed by atoms with E-state index in [2.05, 4.69) is 6.92 Å². The molecule has 0 saturated heterocycles. The summed E-state index contributed by atoms with van der Waals surface area (Å²) in [5.74, 6) is 1.35. The SMILES string of the molecule is [B]C1CCCCC1CC. The van der Waals surface area contributed by atoms with E-state index in [0.717, 1.165) is 5.92 Å². The van der Waals surface area contributed by atoms with Gasteiger partial charge < -0.3 is 0 Å². The maximum absolute atomic E-state index is 5.89. The van der Waals surface area contributed by atoms with Gasteiger partial charge in [0.15, 0.2) is 0 Å². The molecule has 0 aliphatic heterocycles. The van der Waals surface area contributed by atoms with Crippen molar-refractivity contribution in [2.24, 2.45) is 5.92 Å². The summed E-state index contributed by atoms with van der Waals surface area (Å²) in [7, 11) is 5.89. The second-order valence-corrected chi connectivity index (χ2v) is 3.12. The molecule has 0 N–H and O–H groups in total. The Morgan fingerprint density at radius 2 is 2.00 bits per heavy atom. The third-order valence-corrected chi connectivity index (χ3v) is 2.49. The topological polar surface area (TPSA) is 0 Å². The molecule has 0 spiro atoms. The zero-order valence-corrected chi connectivity index (χ0v) is 6.27. The first kappa shape index (κ1) is 7.18. The van der Waals surface area contributed by atoms with Crippen LogP contribution in [0.2, 0.25) is 5.82 Å². The highest BCUT2D eigenvalue weighted by molar-refractivity contribution is 6.11. The van der Waals surface area contributed by atoms with Crippen molar-refractivity contribution in [1.82, 2.24) is 0 Å². The Hall–Kier alpha value is 0.0649. The summed E-state index contributed by atoms with van der Waals surface area (Å²) in [6.07, 6.45) is 6.68. The van der Waals surface area contributed by atoms with E-state index in [9.17, 15) is 0 Å². The van der Waals surface area contributed by atoms with E-state index in [1.807, 2.05) is 0 Å². The fourth-order valence-corrected chi connectivity index (χ4v) is 1.74. The molecule has 2 radical (unpaired) electrons. The minimum atomic E-state index is 0.517. The van der Waals surface area contributed by atoms with Gasteiger partial charge in [-0.3, -0.25) is 0 Å². The summed E-state index contributed by atoms with van der Waals surface area (Å²) >= 11 is 0. The molecule has 1 heteroatoms. The summed E-state index contributed by atoms with van der Waals surface area (Å²) in [6, 6.07) is 0. The third kappa shape index (κ3) is 1.74. The van der Waals surface area contributed by atoms with Crippen LogP contribution in [0.5, 0.6) is 0 Å². The van der Waals surface area contributed by atoms with Crippen LogP contribution in [0, 0.1) is 5.92 Å². The van der Waals surface area contributed by atoms with E-state index < -0.39 is 0 Å². The first-order valence-corrected chi connectivity index (χ1v) is 4.10. The van der Waals surface area contributed by atoms with Crippen molar-refractivity contribution in [3.8, 4) is 0 Å². The standard InChI is InChI=1S/C8H15B/c1-2-7-5-3-4-6-8(7)9/h7-8H,2-6H2,1H3. The van der Waals surface area contributed by atoms with E-state index in [4.69, 9.17) is 7.85 Å². The second kappa shape index (κ2) is 3.29. The number of rotatable bonds is 1. The molecule has 9 heavy (non-hydrogen) atoms. The van der Waals surface area contributed by atoms with Crippen LogP contribution >= 0.6 is 0 Å². The normalized spacial score (nSPS) is 36.6. The molecule has 0 aromatic carbocycles. The van der Waals surface area contributed by atoms with E-state index >= 15 is 0 Å². The molecular weight excluding hydrogens is 107 g/mol. The molecule has 2 atom stereocenters. The highest BCUT2D eigenvalue weighted by Crippen LogP contribution is 2.33. The Morgan fingerprint density at radius 3 is 2.44 bits per heavy atom. The molecule has 1 fully saturated rings. The van der Waals surface area contributed by atoms with Crippen LogP contribution in [0.4, 0.5) is 0 Å². The summed E-state index contributed by atoms with van der Waals surface area (Å²) < 4.78 is 0. The van der Waals surface area contributed by atoms with Gasteiger partial charge in [0.25, 0.3) is 0 Å². The minimum absolute atomic E-state index is 0.517. The molecular formula is C8H15B. The average molecular weight is 122 g/mol. The van der Waals surface area contributed by atoms with Crippen LogP contribution in [-0.4, -0.2) is 7.85 Å². The summed E-state index contributed by atoms with van der Waals surface area (Å²) in [4.78, 5) is 0. The molecule has 0 heterocycles. The molecule has 2 unspecified atom stereocenters. The largest absolute Gasteiger partial charge is 0.0746 e. The van der Waals surface area contributed by atoms with Gasteiger partial charge in [-0.15, -0.1) is 0 Å². The predicted molar refractivity (Wildman–Crippen MR) is 41.8 cm³/mol. The highest BCUT2D eigenvalue weighted by atomic mass is 14.2. The molecule has 50 valence electrons. The summed E-state index contributed by atoms with van der Waals surface area (Å²) in [5, 5.41) is 0. The Labute approximate surface area is 59.4 Å². The van der Waals surface area contributed by atoms with Crippen LogP contribution in [0.3, 0.4) is 0 Å². The van der Waals surface area contributed by atoms with Crippen molar-refractivity contribution < 1.29 is 0 Å². The van der Waals surface area contributed by atoms with Gasteiger partial charge in [-0.25, -0.2) is 0 Å². The lowest BCUT2D eigenvalue weighted by molar-refractivity contribution is 0.350. The predicted octanol–water partition coefficient (Wildman–Crippen LogP) is 2.54. The Kier molecular flexibility index (Phi) is 2.62. The van der Waals surface area contributed by atoms with Crippen LogP contribution in [0.15, 0.2) is 0 Å². The number of hydrogen-bond donors (Lipinski definition) is 0. The van der Waals surface area contributed by atoms with Gasteiger partial charge in [-0.2, -0.15) is 0 Å². The Balaban J connectivity index is 2.30. The maximum Gasteiger partial charge on any atom is 0.0703 e. The average Bonchev–Trinajstić information content (AvgIpc) is 1.89. The van der Waals surface area contributed by atoms with Crippen molar-refractivity contribution in [1.29, 1.82) is 0 Å². The lowest BCUT2D eigenvalue weighted by Gasteiger charge is -2.27. The molecule has 1 aliphatic rings. The van der Waals surface area contributed by atoms with Crippen molar-refractivity contribution in [2.75, 3.05) is 0 Å². The molecule has 0 nitrogen and oxygen atoms in total. The van der Waals surface area contributed by atoms with E-state index in [1.165, 1.54) is 32.1 Å². The molecule has 0 aromatic heterocycles. The first-order chi connectivity index (χ1) is 4.34. The van der Waals surface area contributed by atoms with E-state index in [1.54, 1.807) is 0 Å². The highest BCUT2D eigenvalue weighted by Gasteiger charge is 2.18. The Morgan fingerprint density at radius 1 is 1.33 bits per heavy atom. The first-order valence-electron chi connectivity index (χ1n) is 4.10. The van der Waals surface area contributed by atoms with Crippen molar-refractivity contribution in [3.05, 3.63) is 0 Å². The molecule has 1 rings (SSSR count). The van der Waals surface area contributed by atoms with Crippen LogP contribution < -0.4 is 0 Å². The van der Waals surface area contributed by atoms with Gasteiger partial charge in [-0.05, 0) is 5.92 Å². The molecule has 1 saturated carbocycles. The summed E-state index contributed by atoms with van der Waals surface area (Å²) in [5.41, 5.74) is 0. The second-order valence-electron chi connectivity index (χ2n) is 3.12. The molecule has 1 aliphatic carbocycles. The number of hydrogen-bond acceptors (Lipinski definition) is 0. The minimum Gasteiger partial charge on any atom is -0.0746 e. The van der Waals surface area contributed by atoms with Gasteiger partial charge in [0.05, 0.1) is 7.85 Å². The fourth-order valence-electron chi connectivity index (χ4n) is 1.74. The maximum atomic E-state index is 5.89. The lowest BCUT2D eigenvalue weighted by atomic mass is 9.67. The van der Waals surface area contributed by atoms with Crippen LogP contribution in [0.25, 0.3) is 0 Å². The van der Waals surface area contributed by atoms with Gasteiger partial charge >= 0.3 is 0 Å². The lowest BCUT2D eigenvalue weighted by Crippen LogP contribution is -2.13. The van der Waals surface area contributed by atoms with Gasteiger partial charge in [0.1, 0.15) is 0 Å². The van der Waals surface area contributed by atoms with E-state index in [0.29, 0.717) is 5.82 Å². The van der Waals surface area contributed by atoms with Crippen molar-refractivity contribution >= 4 is 7.85 Å². The van der Waals surface area contributed by atoms with Gasteiger partial charge in [-0.1, -0.05) is 44.8 Å². The van der Waals surface area contributed by atoms with Crippen LogP contribution in [-0.2, 0) is 0 Å². The molecule has 0 aromatic rings. The quantitative estimate of drug-likeness (QED) is 0.469. The monoisotopic (exact) mass is 122 g/mol. The zero-order chi connectivity index (χ0) is 6.69. The van der Waals surface area contributed by atoms with Crippen molar-refractivity contribution in [3.63, 3.8) is 0 Å². The van der Waals surface area contributed by atoms with Crippen LogP contribution in [0.1, 0.15) is 39.0 Å². The zero-order valence-electron chi connectivity index (χ0n) is 6.27. The fraction of sp³-hybridized carbons (Fsp3) is 1.00. The van der Waals surface area contributed by atoms with E-state index in [-0.39, 0.29) is 0 Å². The molecule has 0 bridgehead atoms. The third-order valence-electron chi connectivity index (χ3n) is 2.49. The van der Waals surface area contributed by atoms with Gasteiger partial charge in [0, 0.05) is 0 Å². The molecule has 0 amide bonds.